The second-order valence-electron chi connectivity index (χ2n) is 4.76. The monoisotopic (exact) mass is 255 g/mol. The van der Waals surface area contributed by atoms with Gasteiger partial charge in [-0.25, -0.2) is 0 Å². The average Bonchev–Trinajstić information content (AvgIpc) is 3.00. The van der Waals surface area contributed by atoms with E-state index < -0.39 is 0 Å². The van der Waals surface area contributed by atoms with Gasteiger partial charge >= 0.3 is 0 Å². The number of hydrogen-bond acceptors (Lipinski definition) is 5. The molecule has 5 heteroatoms. The van der Waals surface area contributed by atoms with Crippen LogP contribution in [0.25, 0.3) is 11.4 Å². The molecule has 98 valence electrons. The molecule has 1 atom stereocenters. The summed E-state index contributed by atoms with van der Waals surface area (Å²) in [5.41, 5.74) is 1.65. The first kappa shape index (κ1) is 12.0. The van der Waals surface area contributed by atoms with Crippen LogP contribution in [0.4, 0.5) is 5.82 Å². The Hall–Kier alpha value is -2.01. The number of nitrogens with zero attached hydrogens (tertiary/aromatic N) is 3. The first-order chi connectivity index (χ1) is 9.42. The van der Waals surface area contributed by atoms with E-state index in [1.165, 1.54) is 6.42 Å². The van der Waals surface area contributed by atoms with Gasteiger partial charge in [0.15, 0.2) is 0 Å². The first-order valence-electron chi connectivity index (χ1n) is 6.61. The van der Waals surface area contributed by atoms with Crippen LogP contribution in [0.1, 0.15) is 6.42 Å². The van der Waals surface area contributed by atoms with Crippen molar-refractivity contribution in [3.8, 4) is 11.4 Å². The van der Waals surface area contributed by atoms with E-state index in [-0.39, 0.29) is 0 Å². The van der Waals surface area contributed by atoms with Gasteiger partial charge in [-0.2, -0.15) is 0 Å². The number of anilines is 1. The lowest BCUT2D eigenvalue weighted by Crippen LogP contribution is -2.17. The Kier molecular flexibility index (Phi) is 3.65. The van der Waals surface area contributed by atoms with E-state index in [2.05, 4.69) is 25.8 Å². The Morgan fingerprint density at radius 2 is 2.16 bits per heavy atom. The minimum Gasteiger partial charge on any atom is -0.368 e. The van der Waals surface area contributed by atoms with Gasteiger partial charge in [0.25, 0.3) is 0 Å². The zero-order valence-electron chi connectivity index (χ0n) is 10.7. The van der Waals surface area contributed by atoms with Crippen LogP contribution in [0.3, 0.4) is 0 Å². The molecule has 19 heavy (non-hydrogen) atoms. The fourth-order valence-corrected chi connectivity index (χ4v) is 2.22. The molecule has 0 saturated carbocycles. The van der Waals surface area contributed by atoms with Crippen molar-refractivity contribution < 1.29 is 0 Å². The van der Waals surface area contributed by atoms with Crippen LogP contribution in [0, 0.1) is 5.92 Å². The normalized spacial score (nSPS) is 18.4. The minimum atomic E-state index is 0.692. The predicted molar refractivity (Wildman–Crippen MR) is 74.7 cm³/mol. The average molecular weight is 255 g/mol. The maximum atomic E-state index is 4.26. The summed E-state index contributed by atoms with van der Waals surface area (Å²) < 4.78 is 0. The SMILES string of the molecule is c1ccc(-c2ccc(NCC3CCNC3)nn2)nc1. The van der Waals surface area contributed by atoms with Crippen molar-refractivity contribution in [1.82, 2.24) is 20.5 Å². The molecule has 2 aromatic heterocycles. The number of pyridine rings is 1. The highest BCUT2D eigenvalue weighted by atomic mass is 15.2. The van der Waals surface area contributed by atoms with Crippen molar-refractivity contribution in [2.45, 2.75) is 6.42 Å². The molecule has 1 fully saturated rings. The Morgan fingerprint density at radius 3 is 2.84 bits per heavy atom. The summed E-state index contributed by atoms with van der Waals surface area (Å²) in [6, 6.07) is 9.68. The lowest BCUT2D eigenvalue weighted by molar-refractivity contribution is 0.613. The third kappa shape index (κ3) is 3.06. The highest BCUT2D eigenvalue weighted by Gasteiger charge is 2.13. The van der Waals surface area contributed by atoms with Crippen LogP contribution in [0.15, 0.2) is 36.5 Å². The summed E-state index contributed by atoms with van der Waals surface area (Å²) in [6.07, 6.45) is 2.99. The second kappa shape index (κ2) is 5.75. The molecule has 0 radical (unpaired) electrons. The smallest absolute Gasteiger partial charge is 0.148 e. The largest absolute Gasteiger partial charge is 0.368 e. The van der Waals surface area contributed by atoms with E-state index in [1.54, 1.807) is 6.20 Å². The summed E-state index contributed by atoms with van der Waals surface area (Å²) in [6.45, 7) is 3.16. The molecule has 1 aliphatic heterocycles. The van der Waals surface area contributed by atoms with Crippen LogP contribution < -0.4 is 10.6 Å². The van der Waals surface area contributed by atoms with Crippen LogP contribution in [-0.4, -0.2) is 34.8 Å². The van der Waals surface area contributed by atoms with Crippen molar-refractivity contribution in [3.05, 3.63) is 36.5 Å². The molecular formula is C14H17N5. The molecule has 1 aliphatic rings. The summed E-state index contributed by atoms with van der Waals surface area (Å²) in [5.74, 6) is 1.52. The molecule has 1 unspecified atom stereocenters. The van der Waals surface area contributed by atoms with Crippen molar-refractivity contribution >= 4 is 5.82 Å². The molecule has 0 spiro atoms. The van der Waals surface area contributed by atoms with Crippen molar-refractivity contribution in [2.75, 3.05) is 25.0 Å². The van der Waals surface area contributed by atoms with Crippen LogP contribution in [-0.2, 0) is 0 Å². The summed E-state index contributed by atoms with van der Waals surface area (Å²) >= 11 is 0. The van der Waals surface area contributed by atoms with Crippen LogP contribution >= 0.6 is 0 Å². The van der Waals surface area contributed by atoms with E-state index >= 15 is 0 Å². The lowest BCUT2D eigenvalue weighted by atomic mass is 10.1. The fourth-order valence-electron chi connectivity index (χ4n) is 2.22. The van der Waals surface area contributed by atoms with Crippen molar-refractivity contribution in [3.63, 3.8) is 0 Å². The molecule has 5 nitrogen and oxygen atoms in total. The molecule has 0 amide bonds. The summed E-state index contributed by atoms with van der Waals surface area (Å²) in [5, 5.41) is 15.1. The van der Waals surface area contributed by atoms with E-state index in [9.17, 15) is 0 Å². The number of nitrogens with one attached hydrogen (secondary N) is 2. The first-order valence-corrected chi connectivity index (χ1v) is 6.61. The van der Waals surface area contributed by atoms with Gasteiger partial charge in [0.05, 0.1) is 5.69 Å². The van der Waals surface area contributed by atoms with E-state index in [4.69, 9.17) is 0 Å². The molecule has 3 heterocycles. The number of rotatable bonds is 4. The predicted octanol–water partition coefficient (Wildman–Crippen LogP) is 1.56. The van der Waals surface area contributed by atoms with Crippen LogP contribution in [0.5, 0.6) is 0 Å². The molecule has 3 rings (SSSR count). The second-order valence-corrected chi connectivity index (χ2v) is 4.76. The molecule has 1 saturated heterocycles. The topological polar surface area (TPSA) is 62.7 Å². The Bertz CT molecular complexity index is 505. The fraction of sp³-hybridized carbons (Fsp3) is 0.357. The molecule has 0 aliphatic carbocycles. The zero-order chi connectivity index (χ0) is 12.9. The van der Waals surface area contributed by atoms with E-state index in [0.717, 1.165) is 36.8 Å². The third-order valence-electron chi connectivity index (χ3n) is 3.33. The summed E-state index contributed by atoms with van der Waals surface area (Å²) in [4.78, 5) is 4.26. The molecular weight excluding hydrogens is 238 g/mol. The van der Waals surface area contributed by atoms with Crippen LogP contribution in [0.2, 0.25) is 0 Å². The van der Waals surface area contributed by atoms with Gasteiger partial charge in [-0.15, -0.1) is 10.2 Å². The molecule has 2 aromatic rings. The highest BCUT2D eigenvalue weighted by molar-refractivity contribution is 5.54. The van der Waals surface area contributed by atoms with Gasteiger partial charge in [-0.3, -0.25) is 4.98 Å². The Morgan fingerprint density at radius 1 is 1.16 bits per heavy atom. The molecule has 0 aromatic carbocycles. The number of aromatic nitrogens is 3. The van der Waals surface area contributed by atoms with Gasteiger partial charge in [-0.05, 0) is 49.7 Å². The zero-order valence-corrected chi connectivity index (χ0v) is 10.7. The van der Waals surface area contributed by atoms with Gasteiger partial charge in [0, 0.05) is 12.7 Å². The van der Waals surface area contributed by atoms with Gasteiger partial charge in [0.2, 0.25) is 0 Å². The van der Waals surface area contributed by atoms with Crippen molar-refractivity contribution in [2.24, 2.45) is 5.92 Å². The Balaban J connectivity index is 1.62. The van der Waals surface area contributed by atoms with Gasteiger partial charge in [0.1, 0.15) is 11.5 Å². The van der Waals surface area contributed by atoms with E-state index in [0.29, 0.717) is 5.92 Å². The summed E-state index contributed by atoms with van der Waals surface area (Å²) in [7, 11) is 0. The quantitative estimate of drug-likeness (QED) is 0.868. The Labute approximate surface area is 112 Å². The standard InChI is InChI=1S/C14H17N5/c1-2-7-16-12(3-1)13-4-5-14(19-18-13)17-10-11-6-8-15-9-11/h1-5,7,11,15H,6,8-10H2,(H,17,19). The van der Waals surface area contributed by atoms with E-state index in [1.807, 2.05) is 30.3 Å². The van der Waals surface area contributed by atoms with Crippen molar-refractivity contribution in [1.29, 1.82) is 0 Å². The minimum absolute atomic E-state index is 0.692. The van der Waals surface area contributed by atoms with Gasteiger partial charge in [-0.1, -0.05) is 6.07 Å². The molecule has 0 bridgehead atoms. The number of hydrogen-bond donors (Lipinski definition) is 2. The lowest BCUT2D eigenvalue weighted by Gasteiger charge is -2.10. The highest BCUT2D eigenvalue weighted by Crippen LogP contribution is 2.14. The third-order valence-corrected chi connectivity index (χ3v) is 3.33. The molecule has 2 N–H and O–H groups in total. The maximum absolute atomic E-state index is 4.26. The van der Waals surface area contributed by atoms with Gasteiger partial charge < -0.3 is 10.6 Å². The maximum Gasteiger partial charge on any atom is 0.148 e.